The van der Waals surface area contributed by atoms with Gasteiger partial charge in [0.2, 0.25) is 0 Å². The van der Waals surface area contributed by atoms with Crippen molar-refractivity contribution in [1.29, 1.82) is 0 Å². The van der Waals surface area contributed by atoms with E-state index in [4.69, 9.17) is 13.4 Å². The van der Waals surface area contributed by atoms with Crippen LogP contribution in [0.25, 0.3) is 33.2 Å². The number of hydrogen-bond acceptors (Lipinski definition) is 6. The molecule has 132 valence electrons. The summed E-state index contributed by atoms with van der Waals surface area (Å²) in [6, 6.07) is 23.1. The molecule has 3 aromatic carbocycles. The second-order valence-corrected chi connectivity index (χ2v) is 5.50. The van der Waals surface area contributed by atoms with Gasteiger partial charge in [-0.3, -0.25) is 0 Å². The molecule has 0 amide bonds. The Morgan fingerprint density at radius 1 is 0.556 bits per heavy atom. The van der Waals surface area contributed by atoms with Gasteiger partial charge in [0.25, 0.3) is 0 Å². The van der Waals surface area contributed by atoms with Crippen LogP contribution in [0.5, 0.6) is 0 Å². The molecule has 6 nitrogen and oxygen atoms in total. The average Bonchev–Trinajstić information content (AvgIpc) is 3.48. The van der Waals surface area contributed by atoms with Crippen LogP contribution in [0.3, 0.4) is 0 Å². The van der Waals surface area contributed by atoms with Crippen molar-refractivity contribution in [2.45, 2.75) is 0 Å². The van der Waals surface area contributed by atoms with E-state index in [0.29, 0.717) is 0 Å². The quantitative estimate of drug-likeness (QED) is 0.358. The highest BCUT2D eigenvalue weighted by atomic mass is 16.5. The monoisotopic (exact) mass is 357 g/mol. The summed E-state index contributed by atoms with van der Waals surface area (Å²) >= 11 is 0. The fourth-order valence-corrected chi connectivity index (χ4v) is 2.42. The van der Waals surface area contributed by atoms with Crippen LogP contribution in [0.1, 0.15) is 0 Å². The SMILES string of the molecule is c1ccc2ocnc2c1.c1ccc2ocnc2c1.c1ccc2oncc2c1. The molecule has 0 fully saturated rings. The number of rotatable bonds is 0. The van der Waals surface area contributed by atoms with Crippen LogP contribution < -0.4 is 0 Å². The molecule has 0 N–H and O–H groups in total. The molecule has 0 atom stereocenters. The van der Waals surface area contributed by atoms with Gasteiger partial charge in [0, 0.05) is 5.39 Å². The lowest BCUT2D eigenvalue weighted by atomic mass is 10.3. The van der Waals surface area contributed by atoms with Crippen molar-refractivity contribution in [3.8, 4) is 0 Å². The Balaban J connectivity index is 0.0000001000. The number of benzene rings is 3. The molecule has 27 heavy (non-hydrogen) atoms. The number of para-hydroxylation sites is 5. The van der Waals surface area contributed by atoms with Crippen molar-refractivity contribution in [2.24, 2.45) is 0 Å². The fraction of sp³-hybridized carbons (Fsp3) is 0. The predicted octanol–water partition coefficient (Wildman–Crippen LogP) is 5.48. The maximum Gasteiger partial charge on any atom is 0.181 e. The lowest BCUT2D eigenvalue weighted by Crippen LogP contribution is -1.61. The van der Waals surface area contributed by atoms with Crippen LogP contribution in [0.2, 0.25) is 0 Å². The zero-order valence-electron chi connectivity index (χ0n) is 14.2. The predicted molar refractivity (Wildman–Crippen MR) is 102 cm³/mol. The molecule has 6 rings (SSSR count). The van der Waals surface area contributed by atoms with Gasteiger partial charge in [0.05, 0.1) is 6.20 Å². The Hall–Kier alpha value is -3.93. The first-order valence-corrected chi connectivity index (χ1v) is 8.26. The molecule has 0 aliphatic rings. The summed E-state index contributed by atoms with van der Waals surface area (Å²) in [4.78, 5) is 7.90. The molecule has 0 radical (unpaired) electrons. The van der Waals surface area contributed by atoms with Crippen molar-refractivity contribution in [2.75, 3.05) is 0 Å². The van der Waals surface area contributed by atoms with Crippen molar-refractivity contribution in [3.63, 3.8) is 0 Å². The van der Waals surface area contributed by atoms with Crippen LogP contribution in [-0.2, 0) is 0 Å². The highest BCUT2D eigenvalue weighted by Gasteiger charge is 1.92. The Morgan fingerprint density at radius 2 is 1.07 bits per heavy atom. The molecule has 0 aliphatic heterocycles. The Kier molecular flexibility index (Phi) is 4.88. The second-order valence-electron chi connectivity index (χ2n) is 5.50. The maximum absolute atomic E-state index is 5.01. The standard InChI is InChI=1S/3C7H5NO/c2*1-2-4-7-6(3-1)8-5-9-7;1-2-4-7-6(3-1)5-8-9-7/h3*1-5H. The first-order chi connectivity index (χ1) is 13.4. The van der Waals surface area contributed by atoms with E-state index >= 15 is 0 Å². The van der Waals surface area contributed by atoms with Gasteiger partial charge in [-0.25, -0.2) is 9.97 Å². The van der Waals surface area contributed by atoms with Gasteiger partial charge in [-0.05, 0) is 36.4 Å². The third-order valence-corrected chi connectivity index (χ3v) is 3.74. The topological polar surface area (TPSA) is 78.1 Å². The van der Waals surface area contributed by atoms with E-state index in [1.807, 2.05) is 72.8 Å². The minimum atomic E-state index is 0.845. The number of aromatic nitrogens is 3. The van der Waals surface area contributed by atoms with Crippen molar-refractivity contribution < 1.29 is 13.4 Å². The Bertz CT molecular complexity index is 1010. The third kappa shape index (κ3) is 4.01. The summed E-state index contributed by atoms with van der Waals surface area (Å²) in [5.41, 5.74) is 4.36. The molecule has 3 heterocycles. The van der Waals surface area contributed by atoms with Gasteiger partial charge in [-0.15, -0.1) is 0 Å². The highest BCUT2D eigenvalue weighted by Crippen LogP contribution is 2.11. The molecule has 0 saturated carbocycles. The molecule has 0 unspecified atom stereocenters. The van der Waals surface area contributed by atoms with Gasteiger partial charge in [-0.2, -0.15) is 0 Å². The van der Waals surface area contributed by atoms with E-state index in [2.05, 4.69) is 15.1 Å². The van der Waals surface area contributed by atoms with Crippen LogP contribution >= 0.6 is 0 Å². The summed E-state index contributed by atoms with van der Waals surface area (Å²) in [6.45, 7) is 0. The molecule has 0 saturated heterocycles. The molecule has 6 aromatic rings. The fourth-order valence-electron chi connectivity index (χ4n) is 2.42. The van der Waals surface area contributed by atoms with Gasteiger partial charge in [0.15, 0.2) is 29.5 Å². The van der Waals surface area contributed by atoms with Gasteiger partial charge in [0.1, 0.15) is 11.0 Å². The molecule has 6 heteroatoms. The summed E-state index contributed by atoms with van der Waals surface area (Å²) in [7, 11) is 0. The van der Waals surface area contributed by atoms with E-state index < -0.39 is 0 Å². The first kappa shape index (κ1) is 16.5. The Labute approximate surface area is 154 Å². The van der Waals surface area contributed by atoms with E-state index in [1.165, 1.54) is 12.8 Å². The maximum atomic E-state index is 5.01. The van der Waals surface area contributed by atoms with Crippen LogP contribution in [-0.4, -0.2) is 15.1 Å². The van der Waals surface area contributed by atoms with E-state index in [-0.39, 0.29) is 0 Å². The summed E-state index contributed by atoms with van der Waals surface area (Å²) < 4.78 is 14.9. The average molecular weight is 357 g/mol. The van der Waals surface area contributed by atoms with Crippen molar-refractivity contribution in [1.82, 2.24) is 15.1 Å². The largest absolute Gasteiger partial charge is 0.443 e. The van der Waals surface area contributed by atoms with Crippen LogP contribution in [0.15, 0.2) is 105 Å². The molecular formula is C21H15N3O3. The molecule has 0 bridgehead atoms. The van der Waals surface area contributed by atoms with Gasteiger partial charge in [-0.1, -0.05) is 41.6 Å². The first-order valence-electron chi connectivity index (χ1n) is 8.26. The van der Waals surface area contributed by atoms with Crippen LogP contribution in [0.4, 0.5) is 0 Å². The Morgan fingerprint density at radius 3 is 1.63 bits per heavy atom. The van der Waals surface area contributed by atoms with Gasteiger partial charge >= 0.3 is 0 Å². The normalized spacial score (nSPS) is 10.2. The second kappa shape index (κ2) is 7.97. The number of hydrogen-bond donors (Lipinski definition) is 0. The minimum absolute atomic E-state index is 0.845. The zero-order valence-corrected chi connectivity index (χ0v) is 14.2. The van der Waals surface area contributed by atoms with E-state index in [1.54, 1.807) is 6.20 Å². The van der Waals surface area contributed by atoms with Crippen LogP contribution in [0, 0.1) is 0 Å². The highest BCUT2D eigenvalue weighted by molar-refractivity contribution is 5.75. The van der Waals surface area contributed by atoms with E-state index in [0.717, 1.165) is 33.2 Å². The smallest absolute Gasteiger partial charge is 0.181 e. The minimum Gasteiger partial charge on any atom is -0.443 e. The number of fused-ring (bicyclic) bond motifs is 3. The summed E-state index contributed by atoms with van der Waals surface area (Å²) in [5, 5.41) is 4.68. The third-order valence-electron chi connectivity index (χ3n) is 3.74. The lowest BCUT2D eigenvalue weighted by Gasteiger charge is -1.79. The number of oxazole rings is 2. The van der Waals surface area contributed by atoms with Crippen molar-refractivity contribution in [3.05, 3.63) is 91.8 Å². The molecule has 0 spiro atoms. The molecule has 0 aliphatic carbocycles. The van der Waals surface area contributed by atoms with E-state index in [9.17, 15) is 0 Å². The van der Waals surface area contributed by atoms with Crippen molar-refractivity contribution >= 4 is 33.2 Å². The van der Waals surface area contributed by atoms with Gasteiger partial charge < -0.3 is 13.4 Å². The molecule has 3 aromatic heterocycles. The number of nitrogens with zero attached hydrogens (tertiary/aromatic N) is 3. The zero-order chi connectivity index (χ0) is 18.3. The lowest BCUT2D eigenvalue weighted by molar-refractivity contribution is 0.456. The summed E-state index contributed by atoms with van der Waals surface area (Å²) in [6.07, 6.45) is 4.60. The molecular weight excluding hydrogens is 342 g/mol. The summed E-state index contributed by atoms with van der Waals surface area (Å²) in [5.74, 6) is 0.